The van der Waals surface area contributed by atoms with Gasteiger partial charge in [0.15, 0.2) is 0 Å². The summed E-state index contributed by atoms with van der Waals surface area (Å²) in [7, 11) is 0. The largest absolute Gasteiger partial charge is 0.492 e. The van der Waals surface area contributed by atoms with Crippen molar-refractivity contribution in [3.8, 4) is 17.0 Å². The monoisotopic (exact) mass is 202 g/mol. The molecule has 76 valence electrons. The van der Waals surface area contributed by atoms with Crippen LogP contribution in [0.5, 0.6) is 5.75 Å². The molecule has 2 heterocycles. The van der Waals surface area contributed by atoms with Crippen molar-refractivity contribution in [1.82, 2.24) is 5.16 Å². The average Bonchev–Trinajstić information content (AvgIpc) is 2.84. The Labute approximate surface area is 86.6 Å². The number of nitrogens with two attached hydrogens (primary N) is 1. The maximum atomic E-state index is 5.57. The van der Waals surface area contributed by atoms with Crippen molar-refractivity contribution in [1.29, 1.82) is 0 Å². The minimum Gasteiger partial charge on any atom is -0.492 e. The molecule has 2 aromatic rings. The molecule has 0 fully saturated rings. The van der Waals surface area contributed by atoms with Gasteiger partial charge in [-0.15, -0.1) is 0 Å². The molecule has 0 amide bonds. The highest BCUT2D eigenvalue weighted by molar-refractivity contribution is 5.71. The standard InChI is InChI=1S/C11H10N2O2/c12-10-6-9(13-15-10)8-3-1-2-7-4-5-14-11(7)8/h1-3,6H,4-5,12H2. The fourth-order valence-corrected chi connectivity index (χ4v) is 1.83. The molecule has 0 saturated carbocycles. The van der Waals surface area contributed by atoms with E-state index >= 15 is 0 Å². The Morgan fingerprint density at radius 3 is 3.07 bits per heavy atom. The summed E-state index contributed by atoms with van der Waals surface area (Å²) in [4.78, 5) is 0. The van der Waals surface area contributed by atoms with Gasteiger partial charge in [0.05, 0.1) is 6.61 Å². The van der Waals surface area contributed by atoms with Crippen LogP contribution in [-0.2, 0) is 6.42 Å². The number of rotatable bonds is 1. The van der Waals surface area contributed by atoms with Crippen LogP contribution in [0.15, 0.2) is 28.8 Å². The van der Waals surface area contributed by atoms with E-state index in [0.29, 0.717) is 5.88 Å². The van der Waals surface area contributed by atoms with E-state index < -0.39 is 0 Å². The summed E-state index contributed by atoms with van der Waals surface area (Å²) in [5, 5.41) is 3.88. The minimum absolute atomic E-state index is 0.320. The van der Waals surface area contributed by atoms with E-state index in [1.807, 2.05) is 12.1 Å². The molecule has 0 saturated heterocycles. The van der Waals surface area contributed by atoms with Gasteiger partial charge in [-0.1, -0.05) is 17.3 Å². The van der Waals surface area contributed by atoms with E-state index in [1.54, 1.807) is 6.07 Å². The Kier molecular flexibility index (Phi) is 1.68. The van der Waals surface area contributed by atoms with Crippen molar-refractivity contribution in [3.05, 3.63) is 29.8 Å². The molecule has 0 atom stereocenters. The van der Waals surface area contributed by atoms with Crippen LogP contribution in [-0.4, -0.2) is 11.8 Å². The Bertz CT molecular complexity index is 505. The quantitative estimate of drug-likeness (QED) is 0.766. The van der Waals surface area contributed by atoms with E-state index in [2.05, 4.69) is 11.2 Å². The molecule has 0 aliphatic carbocycles. The normalized spacial score (nSPS) is 13.6. The lowest BCUT2D eigenvalue weighted by molar-refractivity contribution is 0.357. The molecule has 3 rings (SSSR count). The number of benzene rings is 1. The van der Waals surface area contributed by atoms with Crippen LogP contribution in [0, 0.1) is 0 Å². The highest BCUT2D eigenvalue weighted by Gasteiger charge is 2.18. The highest BCUT2D eigenvalue weighted by atomic mass is 16.5. The first-order chi connectivity index (χ1) is 7.34. The lowest BCUT2D eigenvalue weighted by Gasteiger charge is -2.03. The maximum Gasteiger partial charge on any atom is 0.222 e. The minimum atomic E-state index is 0.320. The van der Waals surface area contributed by atoms with E-state index in [-0.39, 0.29) is 0 Å². The molecular formula is C11H10N2O2. The zero-order chi connectivity index (χ0) is 10.3. The van der Waals surface area contributed by atoms with Crippen molar-refractivity contribution in [2.24, 2.45) is 0 Å². The van der Waals surface area contributed by atoms with Gasteiger partial charge in [-0.25, -0.2) is 0 Å². The molecule has 15 heavy (non-hydrogen) atoms. The van der Waals surface area contributed by atoms with Crippen LogP contribution in [0.3, 0.4) is 0 Å². The number of para-hydroxylation sites is 1. The second-order valence-corrected chi connectivity index (χ2v) is 3.51. The number of ether oxygens (including phenoxy) is 1. The fourth-order valence-electron chi connectivity index (χ4n) is 1.83. The first kappa shape index (κ1) is 8.35. The van der Waals surface area contributed by atoms with Crippen LogP contribution in [0.1, 0.15) is 5.56 Å². The number of hydrogen-bond acceptors (Lipinski definition) is 4. The van der Waals surface area contributed by atoms with Crippen LogP contribution in [0.25, 0.3) is 11.3 Å². The van der Waals surface area contributed by atoms with Gasteiger partial charge in [-0.2, -0.15) is 0 Å². The summed E-state index contributed by atoms with van der Waals surface area (Å²) in [6.07, 6.45) is 0.955. The number of fused-ring (bicyclic) bond motifs is 1. The summed E-state index contributed by atoms with van der Waals surface area (Å²) < 4.78 is 10.4. The first-order valence-electron chi connectivity index (χ1n) is 4.82. The Morgan fingerprint density at radius 1 is 1.33 bits per heavy atom. The number of hydrogen-bond donors (Lipinski definition) is 1. The van der Waals surface area contributed by atoms with Crippen LogP contribution < -0.4 is 10.5 Å². The topological polar surface area (TPSA) is 61.3 Å². The summed E-state index contributed by atoms with van der Waals surface area (Å²) in [6, 6.07) is 7.72. The fraction of sp³-hybridized carbons (Fsp3) is 0.182. The second kappa shape index (κ2) is 3.02. The third-order valence-corrected chi connectivity index (χ3v) is 2.52. The predicted molar refractivity (Wildman–Crippen MR) is 55.6 cm³/mol. The van der Waals surface area contributed by atoms with Crippen molar-refractivity contribution in [3.63, 3.8) is 0 Å². The Balaban J connectivity index is 2.16. The molecule has 4 nitrogen and oxygen atoms in total. The number of aromatic nitrogens is 1. The summed E-state index contributed by atoms with van der Waals surface area (Å²) in [5.41, 5.74) is 8.39. The average molecular weight is 202 g/mol. The van der Waals surface area contributed by atoms with Crippen LogP contribution in [0.4, 0.5) is 5.88 Å². The van der Waals surface area contributed by atoms with Gasteiger partial charge in [0.25, 0.3) is 0 Å². The molecule has 1 aromatic carbocycles. The van der Waals surface area contributed by atoms with Crippen LogP contribution >= 0.6 is 0 Å². The summed E-state index contributed by atoms with van der Waals surface area (Å²) >= 11 is 0. The molecular weight excluding hydrogens is 192 g/mol. The van der Waals surface area contributed by atoms with Gasteiger partial charge in [-0.3, -0.25) is 0 Å². The lowest BCUT2D eigenvalue weighted by Crippen LogP contribution is -1.88. The van der Waals surface area contributed by atoms with Gasteiger partial charge in [0.1, 0.15) is 11.4 Å². The lowest BCUT2D eigenvalue weighted by atomic mass is 10.1. The molecule has 0 spiro atoms. The molecule has 1 aliphatic rings. The van der Waals surface area contributed by atoms with E-state index in [0.717, 1.165) is 30.0 Å². The second-order valence-electron chi connectivity index (χ2n) is 3.51. The number of nitrogen functional groups attached to an aromatic ring is 1. The zero-order valence-corrected chi connectivity index (χ0v) is 8.06. The van der Waals surface area contributed by atoms with Crippen molar-refractivity contribution in [2.75, 3.05) is 12.3 Å². The number of anilines is 1. The third-order valence-electron chi connectivity index (χ3n) is 2.52. The Morgan fingerprint density at radius 2 is 2.27 bits per heavy atom. The first-order valence-corrected chi connectivity index (χ1v) is 4.82. The van der Waals surface area contributed by atoms with Crippen molar-refractivity contribution < 1.29 is 9.26 Å². The molecule has 0 unspecified atom stereocenters. The van der Waals surface area contributed by atoms with Gasteiger partial charge >= 0.3 is 0 Å². The highest BCUT2D eigenvalue weighted by Crippen LogP contribution is 2.36. The van der Waals surface area contributed by atoms with E-state index in [9.17, 15) is 0 Å². The van der Waals surface area contributed by atoms with Crippen LogP contribution in [0.2, 0.25) is 0 Å². The molecule has 1 aliphatic heterocycles. The molecule has 4 heteroatoms. The van der Waals surface area contributed by atoms with Gasteiger partial charge in [-0.05, 0) is 11.6 Å². The molecule has 0 radical (unpaired) electrons. The van der Waals surface area contributed by atoms with Gasteiger partial charge in [0.2, 0.25) is 5.88 Å². The Hall–Kier alpha value is -1.97. The summed E-state index contributed by atoms with van der Waals surface area (Å²) in [6.45, 7) is 0.736. The molecule has 1 aromatic heterocycles. The van der Waals surface area contributed by atoms with Crippen molar-refractivity contribution >= 4 is 5.88 Å². The van der Waals surface area contributed by atoms with Gasteiger partial charge in [0, 0.05) is 18.1 Å². The maximum absolute atomic E-state index is 5.57. The molecule has 2 N–H and O–H groups in total. The predicted octanol–water partition coefficient (Wildman–Crippen LogP) is 1.86. The smallest absolute Gasteiger partial charge is 0.222 e. The zero-order valence-electron chi connectivity index (χ0n) is 8.06. The number of nitrogens with zero attached hydrogens (tertiary/aromatic N) is 1. The van der Waals surface area contributed by atoms with E-state index in [4.69, 9.17) is 15.0 Å². The molecule has 0 bridgehead atoms. The third kappa shape index (κ3) is 1.26. The van der Waals surface area contributed by atoms with E-state index in [1.165, 1.54) is 5.56 Å². The summed E-state index contributed by atoms with van der Waals surface area (Å²) in [5.74, 6) is 1.23. The van der Waals surface area contributed by atoms with Crippen molar-refractivity contribution in [2.45, 2.75) is 6.42 Å². The SMILES string of the molecule is Nc1cc(-c2cccc3c2OCC3)no1. The van der Waals surface area contributed by atoms with Gasteiger partial charge < -0.3 is 15.0 Å².